The Bertz CT molecular complexity index is 300. The van der Waals surface area contributed by atoms with Gasteiger partial charge in [0.1, 0.15) is 12.4 Å². The van der Waals surface area contributed by atoms with Crippen LogP contribution in [-0.4, -0.2) is 25.1 Å². The molecule has 2 aliphatic rings. The molecule has 0 saturated carbocycles. The molecule has 1 aliphatic heterocycles. The summed E-state index contributed by atoms with van der Waals surface area (Å²) in [5, 5.41) is 0. The highest BCUT2D eigenvalue weighted by Gasteiger charge is 2.17. The molecule has 0 spiro atoms. The molecule has 1 heterocycles. The Balaban J connectivity index is 0.000000531. The summed E-state index contributed by atoms with van der Waals surface area (Å²) in [7, 11) is 2.11. The summed E-state index contributed by atoms with van der Waals surface area (Å²) in [6.45, 7) is 7.93. The number of morpholine rings is 1. The smallest absolute Gasteiger partial charge is 0.139 e. The molecule has 2 rings (SSSR count). The number of ether oxygens (including phenoxy) is 1. The van der Waals surface area contributed by atoms with Crippen LogP contribution >= 0.6 is 0 Å². The predicted molar refractivity (Wildman–Crippen MR) is 64.5 cm³/mol. The van der Waals surface area contributed by atoms with E-state index in [0.717, 1.165) is 25.3 Å². The van der Waals surface area contributed by atoms with Crippen molar-refractivity contribution in [1.82, 2.24) is 4.90 Å². The average Bonchev–Trinajstić information content (AvgIpc) is 2.45. The van der Waals surface area contributed by atoms with E-state index in [1.165, 1.54) is 11.3 Å². The average molecular weight is 207 g/mol. The predicted octanol–water partition coefficient (Wildman–Crippen LogP) is 3.09. The van der Waals surface area contributed by atoms with Gasteiger partial charge in [-0.1, -0.05) is 25.5 Å². The lowest BCUT2D eigenvalue weighted by Crippen LogP contribution is -2.29. The lowest BCUT2D eigenvalue weighted by Gasteiger charge is -2.29. The fraction of sp³-hybridized carbons (Fsp3) is 0.538. The van der Waals surface area contributed by atoms with E-state index in [1.54, 1.807) is 0 Å². The van der Waals surface area contributed by atoms with Gasteiger partial charge in [0, 0.05) is 7.05 Å². The van der Waals surface area contributed by atoms with E-state index < -0.39 is 0 Å². The lowest BCUT2D eigenvalue weighted by molar-refractivity contribution is 0.142. The highest BCUT2D eigenvalue weighted by atomic mass is 16.5. The molecule has 0 atom stereocenters. The van der Waals surface area contributed by atoms with Crippen LogP contribution in [0.3, 0.4) is 0 Å². The number of likely N-dealkylation sites (N-methyl/N-ethyl adjacent to an activating group) is 1. The third kappa shape index (κ3) is 2.88. The maximum Gasteiger partial charge on any atom is 0.139 e. The maximum absolute atomic E-state index is 5.60. The molecule has 0 unspecified atom stereocenters. The van der Waals surface area contributed by atoms with Gasteiger partial charge in [0.2, 0.25) is 0 Å². The number of fused-ring (bicyclic) bond motifs is 1. The van der Waals surface area contributed by atoms with Crippen molar-refractivity contribution in [3.05, 3.63) is 35.3 Å². The molecule has 2 nitrogen and oxygen atoms in total. The standard InChI is InChI=1S/C11H15NO.C2H6/c1-9-3-5-10-11(6-4-9)13-8-7-12(10)2;1-2/h3,5-6H,4,7-8H2,1-2H3;1-2H3. The number of allylic oxidation sites excluding steroid dienone is 4. The molecule has 0 N–H and O–H groups in total. The van der Waals surface area contributed by atoms with Crippen molar-refractivity contribution in [3.63, 3.8) is 0 Å². The Morgan fingerprint density at radius 1 is 1.27 bits per heavy atom. The van der Waals surface area contributed by atoms with Gasteiger partial charge in [-0.15, -0.1) is 0 Å². The van der Waals surface area contributed by atoms with Crippen LogP contribution < -0.4 is 0 Å². The third-order valence-electron chi connectivity index (χ3n) is 2.48. The van der Waals surface area contributed by atoms with Crippen molar-refractivity contribution < 1.29 is 4.74 Å². The van der Waals surface area contributed by atoms with Crippen LogP contribution in [0.5, 0.6) is 0 Å². The minimum atomic E-state index is 0.804. The van der Waals surface area contributed by atoms with E-state index in [1.807, 2.05) is 13.8 Å². The topological polar surface area (TPSA) is 12.5 Å². The second kappa shape index (κ2) is 5.64. The number of hydrogen-bond acceptors (Lipinski definition) is 2. The molecule has 84 valence electrons. The molecule has 0 aromatic heterocycles. The summed E-state index contributed by atoms with van der Waals surface area (Å²) >= 11 is 0. The van der Waals surface area contributed by atoms with Crippen molar-refractivity contribution in [3.8, 4) is 0 Å². The lowest BCUT2D eigenvalue weighted by atomic mass is 10.2. The van der Waals surface area contributed by atoms with Gasteiger partial charge in [-0.3, -0.25) is 0 Å². The van der Waals surface area contributed by atoms with E-state index in [2.05, 4.69) is 37.1 Å². The normalized spacial score (nSPS) is 19.5. The van der Waals surface area contributed by atoms with Crippen molar-refractivity contribution in [2.75, 3.05) is 20.2 Å². The quantitative estimate of drug-likeness (QED) is 0.605. The van der Waals surface area contributed by atoms with Gasteiger partial charge < -0.3 is 9.64 Å². The molecule has 1 aliphatic carbocycles. The van der Waals surface area contributed by atoms with Crippen LogP contribution in [0, 0.1) is 0 Å². The van der Waals surface area contributed by atoms with E-state index in [4.69, 9.17) is 4.74 Å². The van der Waals surface area contributed by atoms with Crippen molar-refractivity contribution >= 4 is 0 Å². The molecule has 0 aromatic carbocycles. The zero-order valence-corrected chi connectivity index (χ0v) is 10.2. The first-order chi connectivity index (χ1) is 7.27. The first-order valence-corrected chi connectivity index (χ1v) is 5.69. The molecule has 2 heteroatoms. The second-order valence-corrected chi connectivity index (χ2v) is 3.61. The van der Waals surface area contributed by atoms with E-state index >= 15 is 0 Å². The minimum absolute atomic E-state index is 0.804. The number of rotatable bonds is 0. The highest BCUT2D eigenvalue weighted by molar-refractivity contribution is 5.34. The monoisotopic (exact) mass is 207 g/mol. The summed E-state index contributed by atoms with van der Waals surface area (Å²) in [6.07, 6.45) is 7.49. The Hall–Kier alpha value is -1.18. The fourth-order valence-electron chi connectivity index (χ4n) is 1.59. The molecule has 0 amide bonds. The van der Waals surface area contributed by atoms with Crippen molar-refractivity contribution in [1.29, 1.82) is 0 Å². The van der Waals surface area contributed by atoms with Crippen LogP contribution in [0.4, 0.5) is 0 Å². The molecular weight excluding hydrogens is 186 g/mol. The van der Waals surface area contributed by atoms with E-state index in [-0.39, 0.29) is 0 Å². The summed E-state index contributed by atoms with van der Waals surface area (Å²) in [6, 6.07) is 0. The largest absolute Gasteiger partial charge is 0.490 e. The minimum Gasteiger partial charge on any atom is -0.490 e. The van der Waals surface area contributed by atoms with Gasteiger partial charge in [0.25, 0.3) is 0 Å². The molecule has 1 saturated heterocycles. The van der Waals surface area contributed by atoms with Crippen molar-refractivity contribution in [2.24, 2.45) is 0 Å². The van der Waals surface area contributed by atoms with Gasteiger partial charge in [-0.05, 0) is 25.5 Å². The Morgan fingerprint density at radius 2 is 2.00 bits per heavy atom. The molecule has 0 radical (unpaired) electrons. The maximum atomic E-state index is 5.60. The summed E-state index contributed by atoms with van der Waals surface area (Å²) in [4.78, 5) is 2.24. The van der Waals surface area contributed by atoms with Crippen LogP contribution in [0.15, 0.2) is 35.3 Å². The fourth-order valence-corrected chi connectivity index (χ4v) is 1.59. The summed E-state index contributed by atoms with van der Waals surface area (Å²) in [5.74, 6) is 1.04. The first-order valence-electron chi connectivity index (χ1n) is 5.69. The zero-order valence-electron chi connectivity index (χ0n) is 10.2. The summed E-state index contributed by atoms with van der Waals surface area (Å²) < 4.78 is 5.60. The van der Waals surface area contributed by atoms with E-state index in [9.17, 15) is 0 Å². The van der Waals surface area contributed by atoms with Crippen molar-refractivity contribution in [2.45, 2.75) is 27.2 Å². The molecular formula is C13H21NO. The first kappa shape index (κ1) is 11.9. The number of nitrogens with zero attached hydrogens (tertiary/aromatic N) is 1. The molecule has 1 fully saturated rings. The van der Waals surface area contributed by atoms with Gasteiger partial charge in [-0.25, -0.2) is 0 Å². The molecule has 0 aromatic rings. The number of hydrogen-bond donors (Lipinski definition) is 0. The summed E-state index contributed by atoms with van der Waals surface area (Å²) in [5.41, 5.74) is 2.59. The Kier molecular flexibility index (Phi) is 4.47. The van der Waals surface area contributed by atoms with Gasteiger partial charge in [0.15, 0.2) is 0 Å². The third-order valence-corrected chi connectivity index (χ3v) is 2.48. The second-order valence-electron chi connectivity index (χ2n) is 3.61. The van der Waals surface area contributed by atoms with Crippen LogP contribution in [0.2, 0.25) is 0 Å². The SMILES string of the molecule is CC.CC1=CC=C2C(=CC1)OCCN2C. The van der Waals surface area contributed by atoms with Crippen LogP contribution in [0.1, 0.15) is 27.2 Å². The highest BCUT2D eigenvalue weighted by Crippen LogP contribution is 2.24. The zero-order chi connectivity index (χ0) is 11.3. The van der Waals surface area contributed by atoms with Gasteiger partial charge >= 0.3 is 0 Å². The Morgan fingerprint density at radius 3 is 2.73 bits per heavy atom. The van der Waals surface area contributed by atoms with Gasteiger partial charge in [-0.2, -0.15) is 0 Å². The Labute approximate surface area is 92.9 Å². The molecule has 0 bridgehead atoms. The van der Waals surface area contributed by atoms with E-state index in [0.29, 0.717) is 0 Å². The molecule has 15 heavy (non-hydrogen) atoms. The van der Waals surface area contributed by atoms with Crippen LogP contribution in [-0.2, 0) is 4.74 Å². The van der Waals surface area contributed by atoms with Crippen LogP contribution in [0.25, 0.3) is 0 Å². The van der Waals surface area contributed by atoms with Gasteiger partial charge in [0.05, 0.1) is 12.2 Å².